The highest BCUT2D eigenvalue weighted by Gasteiger charge is 2.14. The lowest BCUT2D eigenvalue weighted by atomic mass is 10.2. The number of anilines is 1. The molecule has 1 N–H and O–H groups in total. The lowest BCUT2D eigenvalue weighted by Gasteiger charge is -2.01. The van der Waals surface area contributed by atoms with Gasteiger partial charge in [0, 0.05) is 18.1 Å². The summed E-state index contributed by atoms with van der Waals surface area (Å²) in [4.78, 5) is 16.1. The van der Waals surface area contributed by atoms with Gasteiger partial charge in [0.25, 0.3) is 5.91 Å². The molecular formula is C16H10ClFN4OS. The zero-order chi connectivity index (χ0) is 16.9. The van der Waals surface area contributed by atoms with Crippen molar-refractivity contribution >= 4 is 45.6 Å². The molecule has 0 saturated heterocycles. The van der Waals surface area contributed by atoms with Crippen molar-refractivity contribution < 1.29 is 9.18 Å². The first kappa shape index (κ1) is 16.2. The second kappa shape index (κ2) is 7.29. The Bertz CT molecular complexity index is 881. The summed E-state index contributed by atoms with van der Waals surface area (Å²) in [6, 6.07) is 9.08. The van der Waals surface area contributed by atoms with E-state index in [2.05, 4.69) is 20.5 Å². The fraction of sp³-hybridized carbons (Fsp3) is 0. The number of aromatic nitrogens is 3. The molecule has 0 fully saturated rings. The number of hydrogen-bond donors (Lipinski definition) is 1. The van der Waals surface area contributed by atoms with Gasteiger partial charge in [-0.15, -0.1) is 10.2 Å². The zero-order valence-corrected chi connectivity index (χ0v) is 13.7. The van der Waals surface area contributed by atoms with Crippen molar-refractivity contribution in [2.75, 3.05) is 5.32 Å². The van der Waals surface area contributed by atoms with Crippen LogP contribution in [-0.4, -0.2) is 21.1 Å². The number of halogens is 2. The van der Waals surface area contributed by atoms with Crippen LogP contribution in [0, 0.1) is 5.82 Å². The molecule has 120 valence electrons. The number of rotatable bonds is 4. The molecule has 0 saturated carbocycles. The molecule has 1 aromatic carbocycles. The molecule has 0 atom stereocenters. The van der Waals surface area contributed by atoms with Gasteiger partial charge in [-0.2, -0.15) is 0 Å². The molecule has 1 amide bonds. The summed E-state index contributed by atoms with van der Waals surface area (Å²) in [6.45, 7) is 0. The summed E-state index contributed by atoms with van der Waals surface area (Å²) < 4.78 is 12.9. The van der Waals surface area contributed by atoms with Crippen molar-refractivity contribution in [3.8, 4) is 0 Å². The first-order valence-corrected chi connectivity index (χ1v) is 7.99. The van der Waals surface area contributed by atoms with E-state index in [1.807, 2.05) is 6.07 Å². The Hall–Kier alpha value is -2.64. The minimum atomic E-state index is -0.434. The second-order valence-electron chi connectivity index (χ2n) is 4.65. The van der Waals surface area contributed by atoms with Gasteiger partial charge < -0.3 is 5.32 Å². The van der Waals surface area contributed by atoms with Crippen molar-refractivity contribution in [1.29, 1.82) is 0 Å². The highest BCUT2D eigenvalue weighted by molar-refractivity contribution is 7.15. The molecule has 0 spiro atoms. The fourth-order valence-corrected chi connectivity index (χ4v) is 2.72. The quantitative estimate of drug-likeness (QED) is 0.761. The first-order chi connectivity index (χ1) is 11.6. The SMILES string of the molecule is O=C(Nc1ccc(F)cc1)c1nnc(C(Cl)=Cc2cccnc2)s1. The Labute approximate surface area is 145 Å². The minimum Gasteiger partial charge on any atom is -0.320 e. The predicted octanol–water partition coefficient (Wildman–Crippen LogP) is 4.06. The average Bonchev–Trinajstić information content (AvgIpc) is 3.08. The smallest absolute Gasteiger partial charge is 0.286 e. The number of nitrogens with zero attached hydrogens (tertiary/aromatic N) is 3. The van der Waals surface area contributed by atoms with E-state index in [0.29, 0.717) is 15.7 Å². The second-order valence-corrected chi connectivity index (χ2v) is 6.04. The molecule has 2 heterocycles. The molecule has 0 radical (unpaired) electrons. The van der Waals surface area contributed by atoms with E-state index < -0.39 is 5.91 Å². The van der Waals surface area contributed by atoms with Crippen molar-refractivity contribution in [3.05, 3.63) is 70.2 Å². The van der Waals surface area contributed by atoms with Crippen LogP contribution in [0.4, 0.5) is 10.1 Å². The number of carbonyl (C=O) groups is 1. The molecule has 0 unspecified atom stereocenters. The van der Waals surface area contributed by atoms with E-state index in [1.165, 1.54) is 24.3 Å². The Morgan fingerprint density at radius 1 is 1.17 bits per heavy atom. The van der Waals surface area contributed by atoms with Crippen molar-refractivity contribution in [1.82, 2.24) is 15.2 Å². The van der Waals surface area contributed by atoms with Crippen LogP contribution < -0.4 is 5.32 Å². The number of nitrogens with one attached hydrogen (secondary N) is 1. The molecule has 0 bridgehead atoms. The van der Waals surface area contributed by atoms with Gasteiger partial charge in [-0.05, 0) is 42.0 Å². The van der Waals surface area contributed by atoms with Gasteiger partial charge in [0.1, 0.15) is 5.82 Å². The van der Waals surface area contributed by atoms with Gasteiger partial charge in [0.2, 0.25) is 5.01 Å². The zero-order valence-electron chi connectivity index (χ0n) is 12.1. The van der Waals surface area contributed by atoms with Crippen LogP contribution in [0.15, 0.2) is 48.8 Å². The van der Waals surface area contributed by atoms with E-state index in [1.54, 1.807) is 24.5 Å². The predicted molar refractivity (Wildman–Crippen MR) is 92.2 cm³/mol. The average molecular weight is 361 g/mol. The third kappa shape index (κ3) is 4.01. The summed E-state index contributed by atoms with van der Waals surface area (Å²) in [5, 5.41) is 11.3. The van der Waals surface area contributed by atoms with E-state index >= 15 is 0 Å². The number of hydrogen-bond acceptors (Lipinski definition) is 5. The highest BCUT2D eigenvalue weighted by Crippen LogP contribution is 2.25. The maximum atomic E-state index is 12.9. The summed E-state index contributed by atoms with van der Waals surface area (Å²) in [6.07, 6.45) is 5.01. The lowest BCUT2D eigenvalue weighted by Crippen LogP contribution is -2.11. The van der Waals surface area contributed by atoms with E-state index in [0.717, 1.165) is 16.9 Å². The molecular weight excluding hydrogens is 351 g/mol. The summed E-state index contributed by atoms with van der Waals surface area (Å²) in [5.74, 6) is -0.810. The van der Waals surface area contributed by atoms with Crippen molar-refractivity contribution in [3.63, 3.8) is 0 Å². The number of benzene rings is 1. The van der Waals surface area contributed by atoms with Gasteiger partial charge in [-0.1, -0.05) is 29.0 Å². The molecule has 8 heteroatoms. The highest BCUT2D eigenvalue weighted by atomic mass is 35.5. The largest absolute Gasteiger partial charge is 0.320 e. The van der Waals surface area contributed by atoms with Crippen molar-refractivity contribution in [2.45, 2.75) is 0 Å². The third-order valence-corrected chi connectivity index (χ3v) is 4.26. The fourth-order valence-electron chi connectivity index (χ4n) is 1.80. The number of pyridine rings is 1. The summed E-state index contributed by atoms with van der Waals surface area (Å²) in [5.41, 5.74) is 1.28. The van der Waals surface area contributed by atoms with Gasteiger partial charge in [-0.25, -0.2) is 4.39 Å². The molecule has 2 aromatic heterocycles. The maximum absolute atomic E-state index is 12.9. The monoisotopic (exact) mass is 360 g/mol. The normalized spacial score (nSPS) is 11.3. The molecule has 3 aromatic rings. The van der Waals surface area contributed by atoms with Crippen LogP contribution >= 0.6 is 22.9 Å². The van der Waals surface area contributed by atoms with Gasteiger partial charge >= 0.3 is 0 Å². The number of amides is 1. The molecule has 0 aliphatic carbocycles. The minimum absolute atomic E-state index is 0.159. The van der Waals surface area contributed by atoms with E-state index in [4.69, 9.17) is 11.6 Å². The van der Waals surface area contributed by atoms with Crippen LogP contribution in [0.3, 0.4) is 0 Å². The Morgan fingerprint density at radius 3 is 2.62 bits per heavy atom. The molecule has 24 heavy (non-hydrogen) atoms. The first-order valence-electron chi connectivity index (χ1n) is 6.80. The molecule has 0 aliphatic rings. The van der Waals surface area contributed by atoms with E-state index in [-0.39, 0.29) is 10.8 Å². The summed E-state index contributed by atoms with van der Waals surface area (Å²) >= 11 is 7.27. The molecule has 5 nitrogen and oxygen atoms in total. The van der Waals surface area contributed by atoms with Crippen LogP contribution in [0.25, 0.3) is 11.1 Å². The van der Waals surface area contributed by atoms with Gasteiger partial charge in [0.15, 0.2) is 5.01 Å². The van der Waals surface area contributed by atoms with Crippen LogP contribution in [-0.2, 0) is 0 Å². The van der Waals surface area contributed by atoms with Crippen LogP contribution in [0.5, 0.6) is 0 Å². The Kier molecular flexibility index (Phi) is 4.93. The van der Waals surface area contributed by atoms with Crippen LogP contribution in [0.2, 0.25) is 0 Å². The summed E-state index contributed by atoms with van der Waals surface area (Å²) in [7, 11) is 0. The van der Waals surface area contributed by atoms with Crippen LogP contribution in [0.1, 0.15) is 20.4 Å². The number of carbonyl (C=O) groups excluding carboxylic acids is 1. The topological polar surface area (TPSA) is 67.8 Å². The Morgan fingerprint density at radius 2 is 1.92 bits per heavy atom. The molecule has 3 rings (SSSR count). The lowest BCUT2D eigenvalue weighted by molar-refractivity contribution is 0.102. The molecule has 0 aliphatic heterocycles. The van der Waals surface area contributed by atoms with Gasteiger partial charge in [-0.3, -0.25) is 9.78 Å². The standard InChI is InChI=1S/C16H10ClFN4OS/c17-13(8-10-2-1-7-19-9-10)15-21-22-16(24-15)14(23)20-12-5-3-11(18)4-6-12/h1-9H,(H,20,23). The Balaban J connectivity index is 1.74. The van der Waals surface area contributed by atoms with E-state index in [9.17, 15) is 9.18 Å². The van der Waals surface area contributed by atoms with Crippen molar-refractivity contribution in [2.24, 2.45) is 0 Å². The third-order valence-electron chi connectivity index (χ3n) is 2.90. The maximum Gasteiger partial charge on any atom is 0.286 e. The van der Waals surface area contributed by atoms with Gasteiger partial charge in [0.05, 0.1) is 5.03 Å².